The number of nitrogens with one attached hydrogen (secondary N) is 1. The molecule has 1 atom stereocenters. The molecule has 0 radical (unpaired) electrons. The van der Waals surface area contributed by atoms with Crippen LogP contribution in [-0.4, -0.2) is 94.2 Å². The minimum Gasteiger partial charge on any atom is -0.378 e. The quantitative estimate of drug-likeness (QED) is 0.726. The number of carbonyl (C=O) groups is 2. The van der Waals surface area contributed by atoms with Crippen LogP contribution in [-0.2, 0) is 14.3 Å². The van der Waals surface area contributed by atoms with E-state index in [1.165, 1.54) is 16.8 Å². The summed E-state index contributed by atoms with van der Waals surface area (Å²) in [6.45, 7) is 10.7. The van der Waals surface area contributed by atoms with E-state index in [9.17, 15) is 9.59 Å². The molecule has 2 aliphatic rings. The Morgan fingerprint density at radius 1 is 0.929 bits per heavy atom. The van der Waals surface area contributed by atoms with Gasteiger partial charge in [0.05, 0.1) is 20.3 Å². The van der Waals surface area contributed by atoms with Crippen molar-refractivity contribution in [3.05, 3.63) is 29.3 Å². The molecule has 1 aromatic carbocycles. The number of rotatable bonds is 5. The first kappa shape index (κ1) is 20.6. The number of amides is 2. The number of nitrogens with zero attached hydrogens (tertiary/aromatic N) is 3. The Morgan fingerprint density at radius 2 is 1.50 bits per heavy atom. The van der Waals surface area contributed by atoms with Gasteiger partial charge in [0.25, 0.3) is 11.8 Å². The fourth-order valence-corrected chi connectivity index (χ4v) is 3.89. The molecule has 1 unspecified atom stereocenters. The smallest absolute Gasteiger partial charge is 0.277 e. The lowest BCUT2D eigenvalue weighted by molar-refractivity contribution is -0.863. The monoisotopic (exact) mass is 389 g/mol. The molecule has 1 N–H and O–H groups in total. The van der Waals surface area contributed by atoms with Crippen molar-refractivity contribution in [2.24, 2.45) is 0 Å². The standard InChI is InChI=1S/C21H32N4O3/c1-17-5-4-6-19(18(17)2)23-7-9-24(10-8-23)20(26)15-22(3)16-21(27)25-11-13-28-14-12-25/h4-6H,7-16H2,1-3H3/p+1. The third-order valence-corrected chi connectivity index (χ3v) is 5.82. The van der Waals surface area contributed by atoms with Crippen LogP contribution in [0.1, 0.15) is 11.1 Å². The van der Waals surface area contributed by atoms with Crippen molar-refractivity contribution >= 4 is 17.5 Å². The van der Waals surface area contributed by atoms with Crippen molar-refractivity contribution < 1.29 is 19.2 Å². The second-order valence-corrected chi connectivity index (χ2v) is 7.89. The second kappa shape index (κ2) is 9.39. The van der Waals surface area contributed by atoms with Gasteiger partial charge in [-0.1, -0.05) is 12.1 Å². The summed E-state index contributed by atoms with van der Waals surface area (Å²) < 4.78 is 5.29. The van der Waals surface area contributed by atoms with E-state index in [1.807, 2.05) is 16.8 Å². The number of likely N-dealkylation sites (N-methyl/N-ethyl adjacent to an activating group) is 1. The number of morpholine rings is 1. The van der Waals surface area contributed by atoms with E-state index in [0.29, 0.717) is 39.4 Å². The lowest BCUT2D eigenvalue weighted by atomic mass is 10.1. The Hall–Kier alpha value is -2.12. The minimum atomic E-state index is 0.105. The third-order valence-electron chi connectivity index (χ3n) is 5.82. The molecule has 3 rings (SSSR count). The van der Waals surface area contributed by atoms with Gasteiger partial charge in [-0.15, -0.1) is 0 Å². The molecule has 2 heterocycles. The van der Waals surface area contributed by atoms with E-state index in [1.54, 1.807) is 0 Å². The summed E-state index contributed by atoms with van der Waals surface area (Å²) in [5.41, 5.74) is 3.88. The van der Waals surface area contributed by atoms with Gasteiger partial charge < -0.3 is 24.3 Å². The summed E-state index contributed by atoms with van der Waals surface area (Å²) in [7, 11) is 1.92. The average molecular weight is 390 g/mol. The minimum absolute atomic E-state index is 0.105. The summed E-state index contributed by atoms with van der Waals surface area (Å²) in [6.07, 6.45) is 0. The maximum absolute atomic E-state index is 12.7. The van der Waals surface area contributed by atoms with Gasteiger partial charge in [0.1, 0.15) is 0 Å². The van der Waals surface area contributed by atoms with Crippen LogP contribution in [0.15, 0.2) is 18.2 Å². The zero-order valence-electron chi connectivity index (χ0n) is 17.4. The Morgan fingerprint density at radius 3 is 2.11 bits per heavy atom. The highest BCUT2D eigenvalue weighted by atomic mass is 16.5. The molecule has 2 saturated heterocycles. The molecule has 154 valence electrons. The van der Waals surface area contributed by atoms with Crippen molar-refractivity contribution in [3.63, 3.8) is 0 Å². The molecule has 2 fully saturated rings. The summed E-state index contributed by atoms with van der Waals surface area (Å²) in [4.78, 5) is 32.1. The fraction of sp³-hybridized carbons (Fsp3) is 0.619. The molecule has 0 saturated carbocycles. The largest absolute Gasteiger partial charge is 0.378 e. The van der Waals surface area contributed by atoms with Gasteiger partial charge in [0, 0.05) is 45.0 Å². The molecular weight excluding hydrogens is 356 g/mol. The first-order valence-electron chi connectivity index (χ1n) is 10.2. The maximum atomic E-state index is 12.7. The summed E-state index contributed by atoms with van der Waals surface area (Å²) in [5, 5.41) is 0. The van der Waals surface area contributed by atoms with Crippen LogP contribution in [0.2, 0.25) is 0 Å². The first-order valence-corrected chi connectivity index (χ1v) is 10.2. The first-order chi connectivity index (χ1) is 13.5. The Balaban J connectivity index is 1.45. The number of hydrogen-bond acceptors (Lipinski definition) is 4. The molecule has 0 bridgehead atoms. The normalized spacial score (nSPS) is 18.9. The van der Waals surface area contributed by atoms with Gasteiger partial charge in [0.2, 0.25) is 0 Å². The van der Waals surface area contributed by atoms with Gasteiger partial charge in [-0.05, 0) is 31.0 Å². The molecule has 0 aromatic heterocycles. The Bertz CT molecular complexity index is 695. The number of piperazine rings is 1. The maximum Gasteiger partial charge on any atom is 0.277 e. The number of aryl methyl sites for hydroxylation is 1. The number of benzene rings is 1. The molecule has 28 heavy (non-hydrogen) atoms. The predicted octanol–water partition coefficient (Wildman–Crippen LogP) is -0.674. The zero-order chi connectivity index (χ0) is 20.1. The molecule has 0 spiro atoms. The fourth-order valence-electron chi connectivity index (χ4n) is 3.89. The van der Waals surface area contributed by atoms with Gasteiger partial charge in [0.15, 0.2) is 13.1 Å². The van der Waals surface area contributed by atoms with Crippen LogP contribution in [0.25, 0.3) is 0 Å². The summed E-state index contributed by atoms with van der Waals surface area (Å²) in [5.74, 6) is 0.237. The number of anilines is 1. The van der Waals surface area contributed by atoms with Crippen molar-refractivity contribution in [1.82, 2.24) is 9.80 Å². The molecular formula is C21H33N4O3+. The second-order valence-electron chi connectivity index (χ2n) is 7.89. The van der Waals surface area contributed by atoms with Crippen LogP contribution in [0.5, 0.6) is 0 Å². The lowest BCUT2D eigenvalue weighted by Gasteiger charge is -2.37. The van der Waals surface area contributed by atoms with Crippen LogP contribution in [0.3, 0.4) is 0 Å². The number of carbonyl (C=O) groups excluding carboxylic acids is 2. The number of quaternary nitrogens is 1. The summed E-state index contributed by atoms with van der Waals surface area (Å²) in [6, 6.07) is 6.39. The van der Waals surface area contributed by atoms with E-state index in [4.69, 9.17) is 4.74 Å². The predicted molar refractivity (Wildman–Crippen MR) is 109 cm³/mol. The zero-order valence-corrected chi connectivity index (χ0v) is 17.4. The SMILES string of the molecule is Cc1cccc(N2CCN(C(=O)C[NH+](C)CC(=O)N3CCOCC3)CC2)c1C. The number of ether oxygens (including phenoxy) is 1. The van der Waals surface area contributed by atoms with Crippen LogP contribution in [0, 0.1) is 13.8 Å². The highest BCUT2D eigenvalue weighted by Gasteiger charge is 2.26. The molecule has 2 amide bonds. The Kier molecular flexibility index (Phi) is 6.91. The van der Waals surface area contributed by atoms with Crippen molar-refractivity contribution in [1.29, 1.82) is 0 Å². The lowest BCUT2D eigenvalue weighted by Crippen LogP contribution is -3.11. The summed E-state index contributed by atoms with van der Waals surface area (Å²) >= 11 is 0. The van der Waals surface area contributed by atoms with Gasteiger partial charge in [-0.3, -0.25) is 9.59 Å². The van der Waals surface area contributed by atoms with Crippen LogP contribution in [0.4, 0.5) is 5.69 Å². The molecule has 1 aromatic rings. The third kappa shape index (κ3) is 5.02. The number of hydrogen-bond donors (Lipinski definition) is 1. The molecule has 2 aliphatic heterocycles. The average Bonchev–Trinajstić information content (AvgIpc) is 2.70. The molecule has 7 nitrogen and oxygen atoms in total. The van der Waals surface area contributed by atoms with E-state index >= 15 is 0 Å². The highest BCUT2D eigenvalue weighted by molar-refractivity contribution is 5.79. The van der Waals surface area contributed by atoms with Crippen molar-refractivity contribution in [3.8, 4) is 0 Å². The van der Waals surface area contributed by atoms with E-state index < -0.39 is 0 Å². The molecule has 0 aliphatic carbocycles. The van der Waals surface area contributed by atoms with Crippen LogP contribution >= 0.6 is 0 Å². The van der Waals surface area contributed by atoms with Gasteiger partial charge in [-0.2, -0.15) is 0 Å². The van der Waals surface area contributed by atoms with E-state index in [-0.39, 0.29) is 11.8 Å². The van der Waals surface area contributed by atoms with Gasteiger partial charge in [-0.25, -0.2) is 0 Å². The van der Waals surface area contributed by atoms with E-state index in [0.717, 1.165) is 31.1 Å². The Labute approximate surface area is 167 Å². The van der Waals surface area contributed by atoms with Gasteiger partial charge >= 0.3 is 0 Å². The highest BCUT2D eigenvalue weighted by Crippen LogP contribution is 2.23. The van der Waals surface area contributed by atoms with E-state index in [2.05, 4.69) is 36.9 Å². The van der Waals surface area contributed by atoms with Crippen molar-refractivity contribution in [2.45, 2.75) is 13.8 Å². The van der Waals surface area contributed by atoms with Crippen LogP contribution < -0.4 is 9.80 Å². The molecule has 7 heteroatoms. The van der Waals surface area contributed by atoms with Crippen molar-refractivity contribution in [2.75, 3.05) is 77.5 Å². The topological polar surface area (TPSA) is 57.5 Å².